The lowest BCUT2D eigenvalue weighted by Crippen LogP contribution is -1.97. The van der Waals surface area contributed by atoms with Crippen LogP contribution in [-0.2, 0) is 0 Å². The highest BCUT2D eigenvalue weighted by Gasteiger charge is 2.12. The molecule has 0 radical (unpaired) electrons. The van der Waals surface area contributed by atoms with Crippen molar-refractivity contribution in [2.75, 3.05) is 6.61 Å². The molecule has 0 amide bonds. The van der Waals surface area contributed by atoms with Gasteiger partial charge in [0.25, 0.3) is 5.89 Å². The number of unbranched alkanes of at least 4 members (excludes halogenated alkanes) is 7. The minimum absolute atomic E-state index is 0.538. The Kier molecular flexibility index (Phi) is 8.09. The van der Waals surface area contributed by atoms with Crippen molar-refractivity contribution in [1.29, 1.82) is 0 Å². The first-order chi connectivity index (χ1) is 13.8. The summed E-state index contributed by atoms with van der Waals surface area (Å²) in [7, 11) is 0. The van der Waals surface area contributed by atoms with E-state index >= 15 is 0 Å². The molecular weight excluding hydrogens is 368 g/mol. The normalized spacial score (nSPS) is 11.1. The summed E-state index contributed by atoms with van der Waals surface area (Å²) in [4.78, 5) is 2.23. The first-order valence-corrected chi connectivity index (χ1v) is 11.2. The molecule has 0 fully saturated rings. The van der Waals surface area contributed by atoms with Crippen LogP contribution in [0.25, 0.3) is 22.2 Å². The van der Waals surface area contributed by atoms with Gasteiger partial charge in [-0.05, 0) is 49.7 Å². The van der Waals surface area contributed by atoms with Crippen molar-refractivity contribution >= 4 is 11.3 Å². The van der Waals surface area contributed by atoms with E-state index in [-0.39, 0.29) is 0 Å². The van der Waals surface area contributed by atoms with Crippen molar-refractivity contribution in [1.82, 2.24) is 10.2 Å². The molecule has 0 saturated carbocycles. The molecule has 2 heterocycles. The third kappa shape index (κ3) is 6.20. The zero-order valence-electron chi connectivity index (χ0n) is 16.9. The maximum absolute atomic E-state index is 5.85. The van der Waals surface area contributed by atoms with E-state index in [0.717, 1.165) is 29.2 Å². The summed E-state index contributed by atoms with van der Waals surface area (Å²) < 4.78 is 11.7. The number of rotatable bonds is 12. The van der Waals surface area contributed by atoms with Gasteiger partial charge in [-0.25, -0.2) is 0 Å². The second-order valence-electron chi connectivity index (χ2n) is 7.17. The highest BCUT2D eigenvalue weighted by atomic mass is 32.1. The molecule has 0 atom stereocenters. The molecule has 3 rings (SSSR count). The predicted molar refractivity (Wildman–Crippen MR) is 116 cm³/mol. The summed E-state index contributed by atoms with van der Waals surface area (Å²) in [6.07, 6.45) is 10.5. The Hall–Kier alpha value is -2.14. The number of aromatic nitrogens is 2. The summed E-state index contributed by atoms with van der Waals surface area (Å²) in [6, 6.07) is 12.0. The summed E-state index contributed by atoms with van der Waals surface area (Å²) in [5.41, 5.74) is 0.909. The number of thiophene rings is 1. The topological polar surface area (TPSA) is 48.2 Å². The van der Waals surface area contributed by atoms with Crippen LogP contribution >= 0.6 is 11.3 Å². The molecule has 0 N–H and O–H groups in total. The molecule has 3 aromatic rings. The fourth-order valence-electron chi connectivity index (χ4n) is 3.11. The SMILES string of the molecule is CCCCCCCCCCOc1ccc(-c2nnc(-c3ccc(C)s3)o2)cc1. The second-order valence-corrected chi connectivity index (χ2v) is 8.46. The van der Waals surface area contributed by atoms with Gasteiger partial charge in [-0.15, -0.1) is 21.5 Å². The fourth-order valence-corrected chi connectivity index (χ4v) is 3.90. The smallest absolute Gasteiger partial charge is 0.258 e. The predicted octanol–water partition coefficient (Wildman–Crippen LogP) is 7.29. The van der Waals surface area contributed by atoms with Crippen molar-refractivity contribution in [2.24, 2.45) is 0 Å². The van der Waals surface area contributed by atoms with Crippen molar-refractivity contribution < 1.29 is 9.15 Å². The quantitative estimate of drug-likeness (QED) is 0.300. The summed E-state index contributed by atoms with van der Waals surface area (Å²) in [6.45, 7) is 5.10. The Morgan fingerprint density at radius 3 is 2.18 bits per heavy atom. The third-order valence-electron chi connectivity index (χ3n) is 4.74. The van der Waals surface area contributed by atoms with Crippen LogP contribution in [0.1, 0.15) is 63.2 Å². The minimum atomic E-state index is 0.538. The first kappa shape index (κ1) is 20.6. The lowest BCUT2D eigenvalue weighted by Gasteiger charge is -2.06. The van der Waals surface area contributed by atoms with Crippen LogP contribution in [0.3, 0.4) is 0 Å². The van der Waals surface area contributed by atoms with Crippen LogP contribution in [0.5, 0.6) is 5.75 Å². The van der Waals surface area contributed by atoms with Gasteiger partial charge in [0.1, 0.15) is 5.75 Å². The van der Waals surface area contributed by atoms with Crippen LogP contribution < -0.4 is 4.74 Å². The van der Waals surface area contributed by atoms with Crippen molar-refractivity contribution in [3.8, 4) is 28.0 Å². The number of aryl methyl sites for hydroxylation is 1. The van der Waals surface area contributed by atoms with E-state index in [2.05, 4.69) is 30.1 Å². The monoisotopic (exact) mass is 398 g/mol. The van der Waals surface area contributed by atoms with Gasteiger partial charge in [-0.2, -0.15) is 0 Å². The molecule has 0 aliphatic carbocycles. The molecule has 0 spiro atoms. The van der Waals surface area contributed by atoms with Crippen molar-refractivity contribution in [2.45, 2.75) is 65.2 Å². The molecule has 28 heavy (non-hydrogen) atoms. The van der Waals surface area contributed by atoms with Gasteiger partial charge in [-0.3, -0.25) is 0 Å². The highest BCUT2D eigenvalue weighted by molar-refractivity contribution is 7.15. The second kappa shape index (κ2) is 11.0. The standard InChI is InChI=1S/C23H30N2O2S/c1-3-4-5-6-7-8-9-10-17-26-20-14-12-19(13-15-20)22-24-25-23(27-22)21-16-11-18(2)28-21/h11-16H,3-10,17H2,1-2H3. The van der Waals surface area contributed by atoms with E-state index in [0.29, 0.717) is 11.8 Å². The van der Waals surface area contributed by atoms with Gasteiger partial charge < -0.3 is 9.15 Å². The Bertz CT molecular complexity index is 823. The molecule has 0 bridgehead atoms. The number of nitrogens with zero attached hydrogens (tertiary/aromatic N) is 2. The lowest BCUT2D eigenvalue weighted by molar-refractivity contribution is 0.304. The number of hydrogen-bond donors (Lipinski definition) is 0. The molecule has 1 aromatic carbocycles. The van der Waals surface area contributed by atoms with Gasteiger partial charge in [0, 0.05) is 10.4 Å². The highest BCUT2D eigenvalue weighted by Crippen LogP contribution is 2.29. The van der Waals surface area contributed by atoms with E-state index in [1.807, 2.05) is 30.3 Å². The zero-order valence-corrected chi connectivity index (χ0v) is 17.8. The van der Waals surface area contributed by atoms with Crippen molar-refractivity contribution in [3.05, 3.63) is 41.3 Å². The number of benzene rings is 1. The molecule has 0 aliphatic heterocycles. The molecule has 4 nitrogen and oxygen atoms in total. The number of ether oxygens (including phenoxy) is 1. The average Bonchev–Trinajstić information content (AvgIpc) is 3.36. The Morgan fingerprint density at radius 1 is 0.821 bits per heavy atom. The minimum Gasteiger partial charge on any atom is -0.494 e. The summed E-state index contributed by atoms with van der Waals surface area (Å²) in [5, 5.41) is 8.34. The van der Waals surface area contributed by atoms with Gasteiger partial charge in [-0.1, -0.05) is 51.9 Å². The van der Waals surface area contributed by atoms with Gasteiger partial charge in [0.2, 0.25) is 5.89 Å². The Morgan fingerprint density at radius 2 is 1.50 bits per heavy atom. The molecule has 0 aliphatic rings. The van der Waals surface area contributed by atoms with E-state index in [4.69, 9.17) is 9.15 Å². The Balaban J connectivity index is 1.40. The average molecular weight is 399 g/mol. The van der Waals surface area contributed by atoms with Crippen LogP contribution in [0.15, 0.2) is 40.8 Å². The van der Waals surface area contributed by atoms with Gasteiger partial charge in [0.05, 0.1) is 11.5 Å². The molecular formula is C23H30N2O2S. The van der Waals surface area contributed by atoms with Gasteiger partial charge in [0.15, 0.2) is 0 Å². The lowest BCUT2D eigenvalue weighted by atomic mass is 10.1. The van der Waals surface area contributed by atoms with Crippen molar-refractivity contribution in [3.63, 3.8) is 0 Å². The summed E-state index contributed by atoms with van der Waals surface area (Å²) in [5.74, 6) is 2.00. The summed E-state index contributed by atoms with van der Waals surface area (Å²) >= 11 is 1.65. The maximum Gasteiger partial charge on any atom is 0.258 e. The van der Waals surface area contributed by atoms with Crippen LogP contribution in [0.2, 0.25) is 0 Å². The third-order valence-corrected chi connectivity index (χ3v) is 5.73. The van der Waals surface area contributed by atoms with Crippen LogP contribution in [0.4, 0.5) is 0 Å². The molecule has 0 unspecified atom stereocenters. The van der Waals surface area contributed by atoms with E-state index in [1.54, 1.807) is 11.3 Å². The van der Waals surface area contributed by atoms with E-state index in [9.17, 15) is 0 Å². The molecule has 0 saturated heterocycles. The Labute approximate surface area is 172 Å². The molecule has 5 heteroatoms. The number of hydrogen-bond acceptors (Lipinski definition) is 5. The molecule has 150 valence electrons. The van der Waals surface area contributed by atoms with Gasteiger partial charge >= 0.3 is 0 Å². The molecule has 2 aromatic heterocycles. The van der Waals surface area contributed by atoms with E-state index in [1.165, 1.54) is 49.8 Å². The van der Waals surface area contributed by atoms with Crippen LogP contribution in [0, 0.1) is 6.92 Å². The van der Waals surface area contributed by atoms with E-state index < -0.39 is 0 Å². The zero-order chi connectivity index (χ0) is 19.6. The first-order valence-electron chi connectivity index (χ1n) is 10.4. The maximum atomic E-state index is 5.85. The fraction of sp³-hybridized carbons (Fsp3) is 0.478. The van der Waals surface area contributed by atoms with Crippen LogP contribution in [-0.4, -0.2) is 16.8 Å². The largest absolute Gasteiger partial charge is 0.494 e.